The number of aryl methyl sites for hydroxylation is 1. The van der Waals surface area contributed by atoms with Crippen molar-refractivity contribution in [3.63, 3.8) is 0 Å². The molecular weight excluding hydrogens is 402 g/mol. The number of ether oxygens (including phenoxy) is 1. The molecule has 32 heavy (non-hydrogen) atoms. The van der Waals surface area contributed by atoms with E-state index >= 15 is 0 Å². The van der Waals surface area contributed by atoms with Crippen LogP contribution in [0.5, 0.6) is 5.75 Å². The molecule has 0 unspecified atom stereocenters. The van der Waals surface area contributed by atoms with E-state index in [1.807, 2.05) is 24.3 Å². The van der Waals surface area contributed by atoms with E-state index in [9.17, 15) is 0 Å². The Hall–Kier alpha value is -4.22. The number of methoxy groups -OCH3 is 1. The van der Waals surface area contributed by atoms with E-state index in [1.54, 1.807) is 7.11 Å². The van der Waals surface area contributed by atoms with E-state index in [0.29, 0.717) is 11.6 Å². The number of hydrogen-bond acceptors (Lipinski definition) is 7. The van der Waals surface area contributed by atoms with Crippen molar-refractivity contribution in [2.24, 2.45) is 0 Å². The molecule has 0 aliphatic rings. The molecular formula is C24H23N7O. The summed E-state index contributed by atoms with van der Waals surface area (Å²) in [6.45, 7) is 3.63. The SMILES string of the molecule is COc1cc(CNCc2ccc(C)cc2)ccc1-c1cc(Nc2cnc(C#N)cn2)n[nH]1. The number of nitrogens with one attached hydrogen (secondary N) is 3. The van der Waals surface area contributed by atoms with Gasteiger partial charge in [-0.05, 0) is 30.2 Å². The van der Waals surface area contributed by atoms with Gasteiger partial charge in [0.25, 0.3) is 0 Å². The molecule has 8 heteroatoms. The van der Waals surface area contributed by atoms with Crippen molar-refractivity contribution in [3.05, 3.63) is 83.3 Å². The zero-order valence-corrected chi connectivity index (χ0v) is 17.9. The molecule has 0 bridgehead atoms. The van der Waals surface area contributed by atoms with Gasteiger partial charge in [-0.15, -0.1) is 0 Å². The maximum absolute atomic E-state index is 8.82. The fraction of sp³-hybridized carbons (Fsp3) is 0.167. The second-order valence-electron chi connectivity index (χ2n) is 7.31. The monoisotopic (exact) mass is 425 g/mol. The van der Waals surface area contributed by atoms with E-state index in [1.165, 1.54) is 23.5 Å². The molecule has 0 radical (unpaired) electrons. The Bertz CT molecular complexity index is 1220. The largest absolute Gasteiger partial charge is 0.496 e. The molecule has 0 spiro atoms. The summed E-state index contributed by atoms with van der Waals surface area (Å²) in [4.78, 5) is 8.14. The molecule has 0 saturated carbocycles. The number of aromatic amines is 1. The van der Waals surface area contributed by atoms with Crippen LogP contribution in [0.15, 0.2) is 60.9 Å². The highest BCUT2D eigenvalue weighted by Crippen LogP contribution is 2.31. The number of benzene rings is 2. The molecule has 0 aliphatic carbocycles. The number of nitrogens with zero attached hydrogens (tertiary/aromatic N) is 4. The summed E-state index contributed by atoms with van der Waals surface area (Å²) in [5, 5.41) is 22.7. The Morgan fingerprint density at radius 2 is 1.75 bits per heavy atom. The Morgan fingerprint density at radius 3 is 2.47 bits per heavy atom. The van der Waals surface area contributed by atoms with Crippen LogP contribution >= 0.6 is 0 Å². The topological polar surface area (TPSA) is 112 Å². The Morgan fingerprint density at radius 1 is 0.969 bits per heavy atom. The lowest BCUT2D eigenvalue weighted by Crippen LogP contribution is -2.12. The number of nitriles is 1. The number of hydrogen-bond donors (Lipinski definition) is 3. The second kappa shape index (κ2) is 9.73. The van der Waals surface area contributed by atoms with Gasteiger partial charge >= 0.3 is 0 Å². The molecule has 0 atom stereocenters. The first-order valence-corrected chi connectivity index (χ1v) is 10.1. The number of anilines is 2. The van der Waals surface area contributed by atoms with Crippen molar-refractivity contribution >= 4 is 11.6 Å². The smallest absolute Gasteiger partial charge is 0.158 e. The lowest BCUT2D eigenvalue weighted by molar-refractivity contribution is 0.415. The van der Waals surface area contributed by atoms with Crippen LogP contribution in [-0.4, -0.2) is 27.3 Å². The average molecular weight is 425 g/mol. The summed E-state index contributed by atoms with van der Waals surface area (Å²) in [6, 6.07) is 18.4. The van der Waals surface area contributed by atoms with Crippen LogP contribution in [0.2, 0.25) is 0 Å². The molecule has 0 saturated heterocycles. The van der Waals surface area contributed by atoms with E-state index in [-0.39, 0.29) is 5.69 Å². The first kappa shape index (κ1) is 21.0. The average Bonchev–Trinajstić information content (AvgIpc) is 3.29. The normalized spacial score (nSPS) is 10.5. The standard InChI is InChI=1S/C24H23N7O/c1-16-3-5-17(6-4-16)12-26-13-18-7-8-20(22(9-18)32-2)21-10-23(31-30-21)29-24-15-27-19(11-25)14-28-24/h3-10,14-15,26H,12-13H2,1-2H3,(H2,28,29,30,31). The molecule has 3 N–H and O–H groups in total. The molecule has 4 aromatic rings. The van der Waals surface area contributed by atoms with E-state index < -0.39 is 0 Å². The van der Waals surface area contributed by atoms with E-state index in [0.717, 1.165) is 35.7 Å². The van der Waals surface area contributed by atoms with Crippen molar-refractivity contribution in [2.45, 2.75) is 20.0 Å². The van der Waals surface area contributed by atoms with E-state index in [4.69, 9.17) is 10.00 Å². The molecule has 0 amide bonds. The van der Waals surface area contributed by atoms with Gasteiger partial charge in [-0.25, -0.2) is 9.97 Å². The van der Waals surface area contributed by atoms with Crippen molar-refractivity contribution < 1.29 is 4.74 Å². The van der Waals surface area contributed by atoms with Gasteiger partial charge in [0.05, 0.1) is 25.2 Å². The van der Waals surface area contributed by atoms with Crippen LogP contribution in [-0.2, 0) is 13.1 Å². The minimum atomic E-state index is 0.261. The maximum Gasteiger partial charge on any atom is 0.158 e. The first-order valence-electron chi connectivity index (χ1n) is 10.1. The zero-order valence-electron chi connectivity index (χ0n) is 17.9. The molecule has 0 aliphatic heterocycles. The Labute approximate surface area is 186 Å². The summed E-state index contributed by atoms with van der Waals surface area (Å²) in [5.41, 5.74) is 5.62. The molecule has 0 fully saturated rings. The highest BCUT2D eigenvalue weighted by atomic mass is 16.5. The highest BCUT2D eigenvalue weighted by molar-refractivity contribution is 5.71. The van der Waals surface area contributed by atoms with Gasteiger partial charge < -0.3 is 15.4 Å². The molecule has 4 rings (SSSR count). The number of H-pyrrole nitrogens is 1. The third-order valence-corrected chi connectivity index (χ3v) is 4.94. The van der Waals surface area contributed by atoms with E-state index in [2.05, 4.69) is 68.1 Å². The molecule has 2 heterocycles. The first-order chi connectivity index (χ1) is 15.6. The summed E-state index contributed by atoms with van der Waals surface area (Å²) in [7, 11) is 1.66. The van der Waals surface area contributed by atoms with Gasteiger partial charge in [0.15, 0.2) is 11.5 Å². The van der Waals surface area contributed by atoms with Gasteiger partial charge in [-0.2, -0.15) is 10.4 Å². The van der Waals surface area contributed by atoms with Gasteiger partial charge in [0.1, 0.15) is 17.6 Å². The fourth-order valence-corrected chi connectivity index (χ4v) is 3.23. The lowest BCUT2D eigenvalue weighted by Gasteiger charge is -2.10. The fourth-order valence-electron chi connectivity index (χ4n) is 3.23. The van der Waals surface area contributed by atoms with Gasteiger partial charge in [0.2, 0.25) is 0 Å². The summed E-state index contributed by atoms with van der Waals surface area (Å²) >= 11 is 0. The summed E-state index contributed by atoms with van der Waals surface area (Å²) < 4.78 is 5.62. The van der Waals surface area contributed by atoms with Crippen LogP contribution in [0.25, 0.3) is 11.3 Å². The van der Waals surface area contributed by atoms with Crippen LogP contribution < -0.4 is 15.4 Å². The van der Waals surface area contributed by atoms with Crippen molar-refractivity contribution in [1.82, 2.24) is 25.5 Å². The predicted molar refractivity (Wildman–Crippen MR) is 122 cm³/mol. The van der Waals surface area contributed by atoms with Crippen LogP contribution in [0, 0.1) is 18.3 Å². The van der Waals surface area contributed by atoms with Crippen LogP contribution in [0.3, 0.4) is 0 Å². The maximum atomic E-state index is 8.82. The quantitative estimate of drug-likeness (QED) is 0.390. The van der Waals surface area contributed by atoms with Crippen molar-refractivity contribution in [2.75, 3.05) is 12.4 Å². The van der Waals surface area contributed by atoms with Gasteiger partial charge in [-0.3, -0.25) is 5.10 Å². The predicted octanol–water partition coefficient (Wildman–Crippen LogP) is 4.09. The number of aromatic nitrogens is 4. The third-order valence-electron chi connectivity index (χ3n) is 4.94. The van der Waals surface area contributed by atoms with Gasteiger partial charge in [0, 0.05) is 24.7 Å². The lowest BCUT2D eigenvalue weighted by atomic mass is 10.1. The Balaban J connectivity index is 1.42. The summed E-state index contributed by atoms with van der Waals surface area (Å²) in [5.74, 6) is 1.85. The highest BCUT2D eigenvalue weighted by Gasteiger charge is 2.11. The molecule has 2 aromatic heterocycles. The molecule has 8 nitrogen and oxygen atoms in total. The second-order valence-corrected chi connectivity index (χ2v) is 7.31. The minimum absolute atomic E-state index is 0.261. The van der Waals surface area contributed by atoms with Crippen LogP contribution in [0.4, 0.5) is 11.6 Å². The van der Waals surface area contributed by atoms with Crippen molar-refractivity contribution in [1.29, 1.82) is 5.26 Å². The molecule has 160 valence electrons. The molecule has 2 aromatic carbocycles. The third kappa shape index (κ3) is 5.09. The zero-order chi connectivity index (χ0) is 22.3. The van der Waals surface area contributed by atoms with Crippen molar-refractivity contribution in [3.8, 4) is 23.1 Å². The minimum Gasteiger partial charge on any atom is -0.496 e. The Kier molecular flexibility index (Phi) is 6.39. The summed E-state index contributed by atoms with van der Waals surface area (Å²) in [6.07, 6.45) is 2.90. The van der Waals surface area contributed by atoms with Crippen LogP contribution in [0.1, 0.15) is 22.4 Å². The van der Waals surface area contributed by atoms with Gasteiger partial charge in [-0.1, -0.05) is 35.9 Å². The number of rotatable bonds is 8.